The van der Waals surface area contributed by atoms with Crippen LogP contribution in [0.1, 0.15) is 25.3 Å². The van der Waals surface area contributed by atoms with Crippen LogP contribution in [-0.4, -0.2) is 81.2 Å². The second-order valence-electron chi connectivity index (χ2n) is 9.86. The third-order valence-electron chi connectivity index (χ3n) is 7.01. The monoisotopic (exact) mass is 593 g/mol. The van der Waals surface area contributed by atoms with Crippen LogP contribution in [0.3, 0.4) is 0 Å². The van der Waals surface area contributed by atoms with Gasteiger partial charge in [-0.2, -0.15) is 21.8 Å². The third-order valence-corrected chi connectivity index (χ3v) is 10.8. The largest absolute Gasteiger partial charge is 0.421 e. The van der Waals surface area contributed by atoms with Crippen molar-refractivity contribution < 1.29 is 35.1 Å². The summed E-state index contributed by atoms with van der Waals surface area (Å²) in [5.74, 6) is 0. The number of alkyl halides is 3. The van der Waals surface area contributed by atoms with E-state index in [1.54, 1.807) is 18.2 Å². The average molecular weight is 594 g/mol. The van der Waals surface area contributed by atoms with E-state index in [4.69, 9.17) is 0 Å². The molecule has 8 nitrogen and oxygen atoms in total. The first-order valence-corrected chi connectivity index (χ1v) is 15.7. The zero-order chi connectivity index (χ0) is 28.1. The van der Waals surface area contributed by atoms with Crippen LogP contribution in [0.4, 0.5) is 18.9 Å². The molecule has 0 spiro atoms. The van der Waals surface area contributed by atoms with E-state index in [1.807, 2.05) is 4.90 Å². The Morgan fingerprint density at radius 3 is 2.16 bits per heavy atom. The number of nitrogens with zero attached hydrogens (tertiary/aromatic N) is 3. The van der Waals surface area contributed by atoms with E-state index in [1.165, 1.54) is 38.9 Å². The number of piperazine rings is 1. The number of thiol groups is 1. The lowest BCUT2D eigenvalue weighted by Crippen LogP contribution is -2.59. The van der Waals surface area contributed by atoms with Crippen LogP contribution in [0.2, 0.25) is 0 Å². The van der Waals surface area contributed by atoms with Crippen LogP contribution in [-0.2, 0) is 25.6 Å². The minimum Gasteiger partial charge on any atom is -0.376 e. The standard InChI is InChI=1S/C24H30F3N3O5S3/c1-23(31,24(25,26)27)17-7-9-18(10-8-17)29-14-13-28(38(34,35)22-6-4-3-5-21(22)36)15-20(29)16-30(19-11-12-19)37(2,32)33/h3-10,19-20,31,36H,11-16H2,1-2H3/t20-,23?/m1/s1. The maximum absolute atomic E-state index is 13.5. The number of aliphatic hydroxyl groups is 1. The first-order valence-electron chi connectivity index (χ1n) is 11.9. The highest BCUT2D eigenvalue weighted by atomic mass is 32.2. The number of hydrogen-bond donors (Lipinski definition) is 2. The number of benzene rings is 2. The van der Waals surface area contributed by atoms with E-state index in [9.17, 15) is 35.1 Å². The smallest absolute Gasteiger partial charge is 0.376 e. The summed E-state index contributed by atoms with van der Waals surface area (Å²) >= 11 is 4.29. The van der Waals surface area contributed by atoms with Gasteiger partial charge in [-0.05, 0) is 49.6 Å². The predicted octanol–water partition coefficient (Wildman–Crippen LogP) is 3.05. The van der Waals surface area contributed by atoms with Gasteiger partial charge in [-0.1, -0.05) is 24.3 Å². The molecule has 0 aromatic heterocycles. The van der Waals surface area contributed by atoms with Crippen LogP contribution in [0.5, 0.6) is 0 Å². The maximum atomic E-state index is 13.5. The summed E-state index contributed by atoms with van der Waals surface area (Å²) in [6, 6.07) is 10.7. The second kappa shape index (κ2) is 10.3. The molecule has 1 N–H and O–H groups in total. The van der Waals surface area contributed by atoms with Gasteiger partial charge in [-0.3, -0.25) is 0 Å². The molecule has 14 heteroatoms. The van der Waals surface area contributed by atoms with Crippen molar-refractivity contribution >= 4 is 38.4 Å². The van der Waals surface area contributed by atoms with Crippen LogP contribution in [0.25, 0.3) is 0 Å². The number of rotatable bonds is 8. The topological polar surface area (TPSA) is 98.2 Å². The van der Waals surface area contributed by atoms with Gasteiger partial charge >= 0.3 is 6.18 Å². The molecule has 0 amide bonds. The van der Waals surface area contributed by atoms with Crippen molar-refractivity contribution in [2.24, 2.45) is 0 Å². The molecule has 2 aliphatic rings. The van der Waals surface area contributed by atoms with Gasteiger partial charge in [-0.15, -0.1) is 12.6 Å². The van der Waals surface area contributed by atoms with Crippen molar-refractivity contribution in [3.05, 3.63) is 54.1 Å². The van der Waals surface area contributed by atoms with E-state index < -0.39 is 37.9 Å². The summed E-state index contributed by atoms with van der Waals surface area (Å²) in [6.45, 7) is 0.903. The predicted molar refractivity (Wildman–Crippen MR) is 140 cm³/mol. The average Bonchev–Trinajstić information content (AvgIpc) is 3.66. The summed E-state index contributed by atoms with van der Waals surface area (Å²) in [6.07, 6.45) is -2.36. The SMILES string of the molecule is CC(O)(c1ccc(N2CCN(S(=O)(=O)c3ccccc3S)C[C@@H]2CN(C2CC2)S(C)(=O)=O)cc1)C(F)(F)F. The Morgan fingerprint density at radius 2 is 1.63 bits per heavy atom. The van der Waals surface area contributed by atoms with Crippen molar-refractivity contribution in [2.75, 3.05) is 37.3 Å². The minimum atomic E-state index is -4.87. The maximum Gasteiger partial charge on any atom is 0.421 e. The first kappa shape index (κ1) is 29.2. The molecule has 2 aromatic carbocycles. The van der Waals surface area contributed by atoms with E-state index in [0.29, 0.717) is 25.5 Å². The molecule has 1 unspecified atom stereocenters. The summed E-state index contributed by atoms with van der Waals surface area (Å²) < 4.78 is 94.6. The van der Waals surface area contributed by atoms with E-state index >= 15 is 0 Å². The molecule has 1 aliphatic carbocycles. The highest BCUT2D eigenvalue weighted by Crippen LogP contribution is 2.39. The van der Waals surface area contributed by atoms with E-state index in [0.717, 1.165) is 6.26 Å². The van der Waals surface area contributed by atoms with Gasteiger partial charge in [0.15, 0.2) is 5.60 Å². The van der Waals surface area contributed by atoms with Crippen molar-refractivity contribution in [3.8, 4) is 0 Å². The summed E-state index contributed by atoms with van der Waals surface area (Å²) in [4.78, 5) is 2.14. The lowest BCUT2D eigenvalue weighted by Gasteiger charge is -2.44. The molecule has 2 atom stereocenters. The van der Waals surface area contributed by atoms with Gasteiger partial charge in [0, 0.05) is 42.8 Å². The fraction of sp³-hybridized carbons (Fsp3) is 0.500. The number of sulfonamides is 2. The quantitative estimate of drug-likeness (QED) is 0.457. The van der Waals surface area contributed by atoms with Crippen LogP contribution in [0, 0.1) is 0 Å². The van der Waals surface area contributed by atoms with Crippen molar-refractivity contribution in [3.63, 3.8) is 0 Å². The molecule has 0 radical (unpaired) electrons. The molecule has 210 valence electrons. The lowest BCUT2D eigenvalue weighted by atomic mass is 9.95. The van der Waals surface area contributed by atoms with E-state index in [-0.39, 0.29) is 47.6 Å². The van der Waals surface area contributed by atoms with Gasteiger partial charge in [0.25, 0.3) is 0 Å². The summed E-state index contributed by atoms with van der Waals surface area (Å²) in [7, 11) is -7.54. The zero-order valence-electron chi connectivity index (χ0n) is 20.8. The summed E-state index contributed by atoms with van der Waals surface area (Å²) in [5.41, 5.74) is -2.89. The molecule has 1 heterocycles. The molecule has 1 saturated heterocycles. The van der Waals surface area contributed by atoms with Crippen LogP contribution < -0.4 is 4.90 Å². The summed E-state index contributed by atoms with van der Waals surface area (Å²) in [5, 5.41) is 10.0. The van der Waals surface area contributed by atoms with Gasteiger partial charge in [0.1, 0.15) is 0 Å². The van der Waals surface area contributed by atoms with Gasteiger partial charge in [-0.25, -0.2) is 16.8 Å². The Morgan fingerprint density at radius 1 is 1.03 bits per heavy atom. The minimum absolute atomic E-state index is 0.0139. The molecule has 38 heavy (non-hydrogen) atoms. The Hall–Kier alpha value is -1.84. The number of halogens is 3. The highest BCUT2D eigenvalue weighted by molar-refractivity contribution is 7.90. The Labute approximate surface area is 226 Å². The third kappa shape index (κ3) is 5.85. The fourth-order valence-electron chi connectivity index (χ4n) is 4.62. The van der Waals surface area contributed by atoms with E-state index in [2.05, 4.69) is 12.6 Å². The number of hydrogen-bond acceptors (Lipinski definition) is 7. The lowest BCUT2D eigenvalue weighted by molar-refractivity contribution is -0.258. The second-order valence-corrected chi connectivity index (χ2v) is 14.2. The molecule has 1 aliphatic heterocycles. The highest BCUT2D eigenvalue weighted by Gasteiger charge is 2.51. The molecule has 4 rings (SSSR count). The molecule has 2 fully saturated rings. The Balaban J connectivity index is 1.67. The van der Waals surface area contributed by atoms with Crippen molar-refractivity contribution in [1.29, 1.82) is 0 Å². The molecule has 2 aromatic rings. The fourth-order valence-corrected chi connectivity index (χ4v) is 7.88. The molecule has 0 bridgehead atoms. The normalized spacial score (nSPS) is 21.5. The van der Waals surface area contributed by atoms with Crippen LogP contribution >= 0.6 is 12.6 Å². The molecule has 1 saturated carbocycles. The molecular formula is C24H30F3N3O5S3. The first-order chi connectivity index (χ1) is 17.5. The molecular weight excluding hydrogens is 563 g/mol. The van der Waals surface area contributed by atoms with Crippen molar-refractivity contribution in [2.45, 2.75) is 53.4 Å². The Bertz CT molecular complexity index is 1380. The van der Waals surface area contributed by atoms with Gasteiger partial charge in [0.2, 0.25) is 20.0 Å². The van der Waals surface area contributed by atoms with Crippen LogP contribution in [0.15, 0.2) is 58.3 Å². The van der Waals surface area contributed by atoms with Gasteiger partial charge in [0.05, 0.1) is 17.2 Å². The Kier molecular flexibility index (Phi) is 7.89. The zero-order valence-corrected chi connectivity index (χ0v) is 23.4. The van der Waals surface area contributed by atoms with Gasteiger partial charge < -0.3 is 10.0 Å². The van der Waals surface area contributed by atoms with Crippen molar-refractivity contribution in [1.82, 2.24) is 8.61 Å². The number of anilines is 1.